The number of nitrogens with one attached hydrogen (secondary N) is 1. The number of aryl methyl sites for hydroxylation is 1. The monoisotopic (exact) mass is 364 g/mol. The van der Waals surface area contributed by atoms with E-state index in [0.717, 1.165) is 31.4 Å². The minimum atomic E-state index is -3.39. The van der Waals surface area contributed by atoms with E-state index >= 15 is 0 Å². The zero-order valence-electron chi connectivity index (χ0n) is 14.0. The fourth-order valence-corrected chi connectivity index (χ4v) is 5.66. The normalized spacial score (nSPS) is 16.4. The third kappa shape index (κ3) is 3.88. The van der Waals surface area contributed by atoms with Crippen LogP contribution in [0.1, 0.15) is 35.3 Å². The van der Waals surface area contributed by atoms with Crippen molar-refractivity contribution in [1.29, 1.82) is 0 Å². The Bertz CT molecular complexity index is 778. The average molecular weight is 365 g/mol. The molecule has 1 aromatic carbocycles. The second-order valence-electron chi connectivity index (χ2n) is 6.20. The highest BCUT2D eigenvalue weighted by atomic mass is 32.2. The Morgan fingerprint density at radius 1 is 1.08 bits per heavy atom. The Labute approximate surface area is 148 Å². The number of sulfonamides is 1. The Hall–Kier alpha value is -1.21. The fraction of sp³-hybridized carbons (Fsp3) is 0.444. The summed E-state index contributed by atoms with van der Waals surface area (Å²) in [4.78, 5) is 1.74. The predicted octanol–water partition coefficient (Wildman–Crippen LogP) is 3.52. The van der Waals surface area contributed by atoms with Gasteiger partial charge in [-0.2, -0.15) is 4.31 Å². The highest BCUT2D eigenvalue weighted by Crippen LogP contribution is 2.24. The molecule has 0 spiro atoms. The fourth-order valence-electron chi connectivity index (χ4n) is 3.04. The van der Waals surface area contributed by atoms with Gasteiger partial charge < -0.3 is 5.32 Å². The van der Waals surface area contributed by atoms with E-state index in [-0.39, 0.29) is 0 Å². The van der Waals surface area contributed by atoms with Crippen LogP contribution in [0.25, 0.3) is 0 Å². The van der Waals surface area contributed by atoms with Gasteiger partial charge in [0.1, 0.15) is 0 Å². The van der Waals surface area contributed by atoms with Gasteiger partial charge in [-0.05, 0) is 48.4 Å². The number of hydrogen-bond acceptors (Lipinski definition) is 4. The number of piperidine rings is 1. The summed E-state index contributed by atoms with van der Waals surface area (Å²) >= 11 is 1.73. The van der Waals surface area contributed by atoms with Crippen LogP contribution in [0.2, 0.25) is 0 Å². The van der Waals surface area contributed by atoms with Crippen molar-refractivity contribution in [2.75, 3.05) is 13.1 Å². The molecule has 1 aromatic heterocycles. The van der Waals surface area contributed by atoms with E-state index < -0.39 is 10.0 Å². The molecule has 0 unspecified atom stereocenters. The molecule has 130 valence electrons. The lowest BCUT2D eigenvalue weighted by molar-refractivity contribution is 0.346. The summed E-state index contributed by atoms with van der Waals surface area (Å²) in [7, 11) is -3.39. The predicted molar refractivity (Wildman–Crippen MR) is 98.7 cm³/mol. The summed E-state index contributed by atoms with van der Waals surface area (Å²) in [5, 5.41) is 5.47. The van der Waals surface area contributed by atoms with Crippen LogP contribution < -0.4 is 5.32 Å². The van der Waals surface area contributed by atoms with Crippen molar-refractivity contribution in [3.8, 4) is 0 Å². The van der Waals surface area contributed by atoms with Crippen LogP contribution in [0, 0.1) is 6.92 Å². The van der Waals surface area contributed by atoms with Gasteiger partial charge in [-0.1, -0.05) is 24.6 Å². The zero-order chi connectivity index (χ0) is 17.0. The molecule has 0 aliphatic carbocycles. The molecule has 0 amide bonds. The van der Waals surface area contributed by atoms with Crippen LogP contribution in [0.3, 0.4) is 0 Å². The SMILES string of the molecule is Cc1ccsc1CNCc1ccccc1S(=O)(=O)N1CCCCC1. The first-order valence-corrected chi connectivity index (χ1v) is 10.7. The van der Waals surface area contributed by atoms with E-state index in [0.29, 0.717) is 24.5 Å². The van der Waals surface area contributed by atoms with Gasteiger partial charge in [0.15, 0.2) is 0 Å². The van der Waals surface area contributed by atoms with Crippen LogP contribution in [0.15, 0.2) is 40.6 Å². The average Bonchev–Trinajstić information content (AvgIpc) is 3.01. The van der Waals surface area contributed by atoms with Gasteiger partial charge in [0, 0.05) is 31.1 Å². The first-order chi connectivity index (χ1) is 11.6. The molecule has 0 atom stereocenters. The summed E-state index contributed by atoms with van der Waals surface area (Å²) in [6, 6.07) is 9.46. The van der Waals surface area contributed by atoms with Crippen molar-refractivity contribution in [3.63, 3.8) is 0 Å². The van der Waals surface area contributed by atoms with E-state index in [9.17, 15) is 8.42 Å². The van der Waals surface area contributed by atoms with Crippen molar-refractivity contribution in [2.24, 2.45) is 0 Å². The van der Waals surface area contributed by atoms with Crippen molar-refractivity contribution < 1.29 is 8.42 Å². The third-order valence-electron chi connectivity index (χ3n) is 4.47. The summed E-state index contributed by atoms with van der Waals surface area (Å²) in [6.07, 6.45) is 3.03. The van der Waals surface area contributed by atoms with E-state index in [1.807, 2.05) is 18.2 Å². The van der Waals surface area contributed by atoms with Gasteiger partial charge in [-0.3, -0.25) is 0 Å². The van der Waals surface area contributed by atoms with Crippen molar-refractivity contribution in [2.45, 2.75) is 44.2 Å². The van der Waals surface area contributed by atoms with Gasteiger partial charge in [0.05, 0.1) is 4.90 Å². The molecular formula is C18H24N2O2S2. The first-order valence-electron chi connectivity index (χ1n) is 8.41. The van der Waals surface area contributed by atoms with Crippen molar-refractivity contribution in [1.82, 2.24) is 9.62 Å². The number of hydrogen-bond donors (Lipinski definition) is 1. The summed E-state index contributed by atoms with van der Waals surface area (Å²) in [5.41, 5.74) is 2.12. The maximum absolute atomic E-state index is 13.0. The quantitative estimate of drug-likeness (QED) is 0.853. The third-order valence-corrected chi connectivity index (χ3v) is 7.50. The van der Waals surface area contributed by atoms with Crippen LogP contribution >= 0.6 is 11.3 Å². The van der Waals surface area contributed by atoms with Crippen LogP contribution in [-0.2, 0) is 23.1 Å². The molecule has 0 bridgehead atoms. The second-order valence-corrected chi connectivity index (χ2v) is 9.11. The molecule has 1 aliphatic rings. The van der Waals surface area contributed by atoms with Gasteiger partial charge in [0.25, 0.3) is 0 Å². The Morgan fingerprint density at radius 2 is 1.83 bits per heavy atom. The minimum Gasteiger partial charge on any atom is -0.308 e. The Morgan fingerprint density at radius 3 is 2.54 bits per heavy atom. The van der Waals surface area contributed by atoms with Crippen LogP contribution in [-0.4, -0.2) is 25.8 Å². The molecule has 0 saturated carbocycles. The molecule has 4 nitrogen and oxygen atoms in total. The summed E-state index contributed by atoms with van der Waals surface area (Å²) < 4.78 is 27.5. The molecule has 2 aromatic rings. The molecular weight excluding hydrogens is 340 g/mol. The second kappa shape index (κ2) is 7.78. The Balaban J connectivity index is 1.74. The smallest absolute Gasteiger partial charge is 0.243 e. The van der Waals surface area contributed by atoms with Gasteiger partial charge in [-0.25, -0.2) is 8.42 Å². The van der Waals surface area contributed by atoms with E-state index in [1.165, 1.54) is 10.4 Å². The molecule has 3 rings (SSSR count). The van der Waals surface area contributed by atoms with Crippen LogP contribution in [0.5, 0.6) is 0 Å². The zero-order valence-corrected chi connectivity index (χ0v) is 15.6. The molecule has 1 aliphatic heterocycles. The Kier molecular flexibility index (Phi) is 5.71. The molecule has 1 fully saturated rings. The van der Waals surface area contributed by atoms with Crippen molar-refractivity contribution in [3.05, 3.63) is 51.7 Å². The largest absolute Gasteiger partial charge is 0.308 e. The number of nitrogens with zero attached hydrogens (tertiary/aromatic N) is 1. The molecule has 1 saturated heterocycles. The molecule has 6 heteroatoms. The molecule has 1 N–H and O–H groups in total. The highest BCUT2D eigenvalue weighted by Gasteiger charge is 2.27. The maximum atomic E-state index is 13.0. The number of thiophene rings is 1. The van der Waals surface area contributed by atoms with Crippen molar-refractivity contribution >= 4 is 21.4 Å². The summed E-state index contributed by atoms with van der Waals surface area (Å²) in [5.74, 6) is 0. The highest BCUT2D eigenvalue weighted by molar-refractivity contribution is 7.89. The maximum Gasteiger partial charge on any atom is 0.243 e. The first kappa shape index (κ1) is 17.6. The van der Waals surface area contributed by atoms with E-state index in [2.05, 4.69) is 23.7 Å². The lowest BCUT2D eigenvalue weighted by atomic mass is 10.2. The van der Waals surface area contributed by atoms with Gasteiger partial charge in [-0.15, -0.1) is 11.3 Å². The lowest BCUT2D eigenvalue weighted by Crippen LogP contribution is -2.36. The molecule has 2 heterocycles. The lowest BCUT2D eigenvalue weighted by Gasteiger charge is -2.26. The minimum absolute atomic E-state index is 0.447. The standard InChI is InChI=1S/C18H24N2O2S2/c1-15-9-12-23-17(15)14-19-13-16-7-3-4-8-18(16)24(21,22)20-10-5-2-6-11-20/h3-4,7-9,12,19H,2,5-6,10-11,13-14H2,1H3. The van der Waals surface area contributed by atoms with E-state index in [1.54, 1.807) is 21.7 Å². The van der Waals surface area contributed by atoms with Gasteiger partial charge in [0.2, 0.25) is 10.0 Å². The van der Waals surface area contributed by atoms with E-state index in [4.69, 9.17) is 0 Å². The number of rotatable bonds is 6. The topological polar surface area (TPSA) is 49.4 Å². The number of benzene rings is 1. The van der Waals surface area contributed by atoms with Gasteiger partial charge >= 0.3 is 0 Å². The molecule has 24 heavy (non-hydrogen) atoms. The molecule has 0 radical (unpaired) electrons. The van der Waals surface area contributed by atoms with Crippen LogP contribution in [0.4, 0.5) is 0 Å². The summed E-state index contributed by atoms with van der Waals surface area (Å²) in [6.45, 7) is 4.70.